The lowest BCUT2D eigenvalue weighted by Gasteiger charge is -1.96. The van der Waals surface area contributed by atoms with Crippen LogP contribution in [0.2, 0.25) is 0 Å². The third-order valence-electron chi connectivity index (χ3n) is 1.29. The van der Waals surface area contributed by atoms with Crippen LogP contribution < -0.4 is 4.72 Å². The van der Waals surface area contributed by atoms with E-state index < -0.39 is 11.3 Å². The molecule has 68 valence electrons. The van der Waals surface area contributed by atoms with Crippen molar-refractivity contribution in [3.8, 4) is 0 Å². The second kappa shape index (κ2) is 3.97. The predicted octanol–water partition coefficient (Wildman–Crippen LogP) is 1.82. The van der Waals surface area contributed by atoms with Gasteiger partial charge in [-0.25, -0.2) is 9.19 Å². The summed E-state index contributed by atoms with van der Waals surface area (Å²) < 4.78 is 21.1. The molecular formula is C6H10N2O2S2. The smallest absolute Gasteiger partial charge is 0.260 e. The number of hydrogen-bond donors (Lipinski definition) is 2. The van der Waals surface area contributed by atoms with E-state index in [1.807, 2.05) is 19.2 Å². The fourth-order valence-electron chi connectivity index (χ4n) is 0.673. The van der Waals surface area contributed by atoms with Crippen LogP contribution in [0.4, 0.5) is 5.13 Å². The Balaban J connectivity index is 2.70. The van der Waals surface area contributed by atoms with Gasteiger partial charge in [0.05, 0.1) is 5.69 Å². The number of nitrogens with zero attached hydrogens (tertiary/aromatic N) is 1. The van der Waals surface area contributed by atoms with E-state index in [0.717, 1.165) is 5.69 Å². The molecule has 4 nitrogen and oxygen atoms in total. The molecule has 1 unspecified atom stereocenters. The Morgan fingerprint density at radius 2 is 2.42 bits per heavy atom. The van der Waals surface area contributed by atoms with E-state index in [1.165, 1.54) is 11.3 Å². The average Bonchev–Trinajstić information content (AvgIpc) is 2.34. The molecule has 1 rings (SSSR count). The lowest BCUT2D eigenvalue weighted by molar-refractivity contribution is 0.570. The topological polar surface area (TPSA) is 62.2 Å². The normalized spacial score (nSPS) is 13.3. The quantitative estimate of drug-likeness (QED) is 0.741. The molecule has 0 spiro atoms. The molecule has 0 saturated carbocycles. The highest BCUT2D eigenvalue weighted by Crippen LogP contribution is 2.21. The molecule has 2 N–H and O–H groups in total. The summed E-state index contributed by atoms with van der Waals surface area (Å²) in [4.78, 5) is 4.10. The second-order valence-electron chi connectivity index (χ2n) is 2.58. The van der Waals surface area contributed by atoms with Crippen LogP contribution in [0.5, 0.6) is 0 Å². The summed E-state index contributed by atoms with van der Waals surface area (Å²) in [6.45, 7) is 4.05. The number of hydrogen-bond acceptors (Lipinski definition) is 3. The molecule has 0 aliphatic rings. The summed E-state index contributed by atoms with van der Waals surface area (Å²) in [7, 11) is 0. The molecule has 0 bridgehead atoms. The third kappa shape index (κ3) is 2.54. The molecule has 6 heteroatoms. The first-order chi connectivity index (χ1) is 5.59. The molecule has 0 radical (unpaired) electrons. The van der Waals surface area contributed by atoms with Crippen molar-refractivity contribution in [2.75, 3.05) is 4.72 Å². The highest BCUT2D eigenvalue weighted by molar-refractivity contribution is 7.80. The first-order valence-electron chi connectivity index (χ1n) is 3.42. The Labute approximate surface area is 77.4 Å². The van der Waals surface area contributed by atoms with Crippen LogP contribution in [-0.2, 0) is 11.3 Å². The van der Waals surface area contributed by atoms with Gasteiger partial charge in [0.1, 0.15) is 0 Å². The molecule has 0 aliphatic carbocycles. The lowest BCUT2D eigenvalue weighted by atomic mass is 10.2. The van der Waals surface area contributed by atoms with E-state index >= 15 is 0 Å². The van der Waals surface area contributed by atoms with Crippen LogP contribution in [0.15, 0.2) is 5.38 Å². The van der Waals surface area contributed by atoms with E-state index in [9.17, 15) is 4.21 Å². The molecule has 0 aliphatic heterocycles. The summed E-state index contributed by atoms with van der Waals surface area (Å²) in [6.07, 6.45) is 0. The van der Waals surface area contributed by atoms with E-state index in [4.69, 9.17) is 4.55 Å². The van der Waals surface area contributed by atoms with Crippen molar-refractivity contribution in [1.29, 1.82) is 0 Å². The molecule has 0 saturated heterocycles. The summed E-state index contributed by atoms with van der Waals surface area (Å²) in [6, 6.07) is 0. The van der Waals surface area contributed by atoms with Gasteiger partial charge >= 0.3 is 0 Å². The fraction of sp³-hybridized carbons (Fsp3) is 0.500. The average molecular weight is 206 g/mol. The Morgan fingerprint density at radius 1 is 1.75 bits per heavy atom. The fourth-order valence-corrected chi connectivity index (χ4v) is 1.99. The van der Waals surface area contributed by atoms with E-state index in [1.54, 1.807) is 0 Å². The summed E-state index contributed by atoms with van der Waals surface area (Å²) >= 11 is -0.688. The number of anilines is 1. The maximum absolute atomic E-state index is 10.3. The molecule has 12 heavy (non-hydrogen) atoms. The minimum atomic E-state index is -2.02. The van der Waals surface area contributed by atoms with Crippen LogP contribution in [0.3, 0.4) is 0 Å². The second-order valence-corrected chi connectivity index (χ2v) is 4.14. The van der Waals surface area contributed by atoms with Crippen molar-refractivity contribution in [2.45, 2.75) is 19.8 Å². The monoisotopic (exact) mass is 206 g/mol. The van der Waals surface area contributed by atoms with Crippen molar-refractivity contribution in [1.82, 2.24) is 4.98 Å². The Hall–Kier alpha value is -0.460. The van der Waals surface area contributed by atoms with Crippen molar-refractivity contribution < 1.29 is 8.76 Å². The molecule has 0 amide bonds. The van der Waals surface area contributed by atoms with Gasteiger partial charge in [-0.3, -0.25) is 9.27 Å². The highest BCUT2D eigenvalue weighted by atomic mass is 32.2. The molecule has 1 aromatic rings. The van der Waals surface area contributed by atoms with Crippen molar-refractivity contribution >= 4 is 27.7 Å². The van der Waals surface area contributed by atoms with Crippen LogP contribution in [0, 0.1) is 0 Å². The number of thiazole rings is 1. The standard InChI is InChI=1S/C6H10N2O2S2/c1-4(2)5-3-11-6(7-5)8-12(9)10/h3-4H,1-2H3,(H,7,8)(H,9,10). The van der Waals surface area contributed by atoms with Gasteiger partial charge in [0.25, 0.3) is 11.3 Å². The maximum atomic E-state index is 10.3. The first kappa shape index (κ1) is 9.63. The zero-order valence-corrected chi connectivity index (χ0v) is 8.41. The van der Waals surface area contributed by atoms with E-state index in [2.05, 4.69) is 9.71 Å². The Kier molecular flexibility index (Phi) is 3.19. The number of rotatable bonds is 3. The van der Waals surface area contributed by atoms with Gasteiger partial charge in [0.15, 0.2) is 5.13 Å². The molecule has 0 fully saturated rings. The third-order valence-corrected chi connectivity index (χ3v) is 2.56. The zero-order chi connectivity index (χ0) is 9.14. The van der Waals surface area contributed by atoms with Crippen molar-refractivity contribution in [3.05, 3.63) is 11.1 Å². The summed E-state index contributed by atoms with van der Waals surface area (Å²) in [5.74, 6) is 0.351. The minimum Gasteiger partial charge on any atom is -0.289 e. The largest absolute Gasteiger partial charge is 0.289 e. The Bertz CT molecular complexity index is 285. The summed E-state index contributed by atoms with van der Waals surface area (Å²) in [5.41, 5.74) is 0.938. The van der Waals surface area contributed by atoms with E-state index in [0.29, 0.717) is 11.0 Å². The molecular weight excluding hydrogens is 196 g/mol. The SMILES string of the molecule is CC(C)c1csc(NS(=O)O)n1. The highest BCUT2D eigenvalue weighted by Gasteiger charge is 2.05. The van der Waals surface area contributed by atoms with Crippen LogP contribution in [0.1, 0.15) is 25.5 Å². The minimum absolute atomic E-state index is 0.351. The van der Waals surface area contributed by atoms with E-state index in [-0.39, 0.29) is 0 Å². The van der Waals surface area contributed by atoms with Crippen molar-refractivity contribution in [2.24, 2.45) is 0 Å². The van der Waals surface area contributed by atoms with Gasteiger partial charge < -0.3 is 0 Å². The predicted molar refractivity (Wildman–Crippen MR) is 50.6 cm³/mol. The summed E-state index contributed by atoms with van der Waals surface area (Å²) in [5, 5.41) is 2.36. The van der Waals surface area contributed by atoms with Gasteiger partial charge in [-0.15, -0.1) is 11.3 Å². The molecule has 1 aromatic heterocycles. The van der Waals surface area contributed by atoms with Gasteiger partial charge in [-0.1, -0.05) is 13.8 Å². The van der Waals surface area contributed by atoms with Gasteiger partial charge in [-0.05, 0) is 5.92 Å². The molecule has 0 aromatic carbocycles. The lowest BCUT2D eigenvalue weighted by Crippen LogP contribution is -2.01. The number of aromatic nitrogens is 1. The van der Waals surface area contributed by atoms with Gasteiger partial charge in [0, 0.05) is 5.38 Å². The maximum Gasteiger partial charge on any atom is 0.260 e. The van der Waals surface area contributed by atoms with Crippen LogP contribution >= 0.6 is 11.3 Å². The molecule has 1 atom stereocenters. The van der Waals surface area contributed by atoms with Crippen molar-refractivity contribution in [3.63, 3.8) is 0 Å². The Morgan fingerprint density at radius 3 is 2.83 bits per heavy atom. The number of nitrogens with one attached hydrogen (secondary N) is 1. The zero-order valence-electron chi connectivity index (χ0n) is 6.77. The van der Waals surface area contributed by atoms with Gasteiger partial charge in [0.2, 0.25) is 0 Å². The van der Waals surface area contributed by atoms with Crippen LogP contribution in [0.25, 0.3) is 0 Å². The molecule has 1 heterocycles. The first-order valence-corrected chi connectivity index (χ1v) is 5.41. The van der Waals surface area contributed by atoms with Gasteiger partial charge in [-0.2, -0.15) is 0 Å². The van der Waals surface area contributed by atoms with Crippen LogP contribution in [-0.4, -0.2) is 13.7 Å².